The quantitative estimate of drug-likeness (QED) is 0.793. The minimum atomic E-state index is 0.442. The van der Waals surface area contributed by atoms with Gasteiger partial charge in [0.25, 0.3) is 5.95 Å². The fourth-order valence-corrected chi connectivity index (χ4v) is 2.38. The van der Waals surface area contributed by atoms with E-state index in [9.17, 15) is 0 Å². The fraction of sp³-hybridized carbons (Fsp3) is 0.571. The highest BCUT2D eigenvalue weighted by Crippen LogP contribution is 2.25. The van der Waals surface area contributed by atoms with Crippen LogP contribution in [0.3, 0.4) is 0 Å². The first-order valence-electron chi connectivity index (χ1n) is 7.26. The second-order valence-electron chi connectivity index (χ2n) is 5.19. The molecule has 0 aliphatic carbocycles. The topological polar surface area (TPSA) is 68.5 Å². The lowest BCUT2D eigenvalue weighted by molar-refractivity contribution is 0.639. The largest absolute Gasteiger partial charge is 0.354 e. The summed E-state index contributed by atoms with van der Waals surface area (Å²) >= 11 is 1.67. The summed E-state index contributed by atoms with van der Waals surface area (Å²) in [6.45, 7) is 9.53. The fourth-order valence-electron chi connectivity index (χ4n) is 1.51. The smallest absolute Gasteiger partial charge is 0.256 e. The molecular formula is C14H22N6S. The van der Waals surface area contributed by atoms with Crippen LogP contribution in [-0.4, -0.2) is 36.5 Å². The molecular weight excluding hydrogens is 284 g/mol. The van der Waals surface area contributed by atoms with Crippen molar-refractivity contribution in [3.8, 4) is 5.95 Å². The van der Waals surface area contributed by atoms with Crippen LogP contribution in [0.2, 0.25) is 0 Å². The normalized spacial score (nSPS) is 12.6. The molecule has 0 radical (unpaired) electrons. The number of hydrogen-bond donors (Lipinski definition) is 1. The first-order valence-corrected chi connectivity index (χ1v) is 8.14. The molecule has 2 aromatic rings. The van der Waals surface area contributed by atoms with Crippen molar-refractivity contribution >= 4 is 17.7 Å². The first kappa shape index (κ1) is 15.8. The Kier molecular flexibility index (Phi) is 5.55. The van der Waals surface area contributed by atoms with Gasteiger partial charge in [0, 0.05) is 24.2 Å². The summed E-state index contributed by atoms with van der Waals surface area (Å²) in [4.78, 5) is 13.4. The third-order valence-corrected chi connectivity index (χ3v) is 4.39. The number of rotatable bonds is 7. The number of nitrogens with one attached hydrogen (secondary N) is 1. The van der Waals surface area contributed by atoms with Gasteiger partial charge in [-0.3, -0.25) is 0 Å². The standard InChI is InChI=1S/C14H22N6S/c1-5-7-15-12-17-13(20-9-6-8-16-20)19-14(18-12)21-11(4)10(2)3/h6,8-11H,5,7H2,1-4H3,(H,15,17,18,19). The SMILES string of the molecule is CCCNc1nc(SC(C)C(C)C)nc(-n2cccn2)n1. The van der Waals surface area contributed by atoms with E-state index < -0.39 is 0 Å². The summed E-state index contributed by atoms with van der Waals surface area (Å²) in [7, 11) is 0. The Bertz CT molecular complexity index is 555. The molecule has 2 rings (SSSR count). The third kappa shape index (κ3) is 4.42. The number of anilines is 1. The molecule has 0 amide bonds. The van der Waals surface area contributed by atoms with Crippen molar-refractivity contribution in [1.82, 2.24) is 24.7 Å². The van der Waals surface area contributed by atoms with Crippen LogP contribution < -0.4 is 5.32 Å². The lowest BCUT2D eigenvalue weighted by atomic mass is 10.2. The number of nitrogens with zero attached hydrogens (tertiary/aromatic N) is 5. The highest BCUT2D eigenvalue weighted by atomic mass is 32.2. The monoisotopic (exact) mass is 306 g/mol. The molecule has 0 aromatic carbocycles. The molecule has 0 aliphatic heterocycles. The van der Waals surface area contributed by atoms with E-state index in [2.05, 4.69) is 53.1 Å². The number of aromatic nitrogens is 5. The Hall–Kier alpha value is -1.63. The molecule has 2 aromatic heterocycles. The summed E-state index contributed by atoms with van der Waals surface area (Å²) in [5, 5.41) is 8.59. The molecule has 0 bridgehead atoms. The van der Waals surface area contributed by atoms with Gasteiger partial charge in [0.05, 0.1) is 0 Å². The van der Waals surface area contributed by atoms with Gasteiger partial charge in [-0.15, -0.1) is 0 Å². The Morgan fingerprint density at radius 1 is 1.24 bits per heavy atom. The van der Waals surface area contributed by atoms with Gasteiger partial charge in [-0.05, 0) is 18.4 Å². The van der Waals surface area contributed by atoms with E-state index in [0.29, 0.717) is 23.1 Å². The highest BCUT2D eigenvalue weighted by molar-refractivity contribution is 7.99. The van der Waals surface area contributed by atoms with Gasteiger partial charge in [-0.1, -0.05) is 39.5 Å². The summed E-state index contributed by atoms with van der Waals surface area (Å²) in [6.07, 6.45) is 4.57. The number of thioether (sulfide) groups is 1. The van der Waals surface area contributed by atoms with Crippen LogP contribution in [0.25, 0.3) is 5.95 Å². The van der Waals surface area contributed by atoms with E-state index in [4.69, 9.17) is 0 Å². The lowest BCUT2D eigenvalue weighted by Gasteiger charge is -2.14. The zero-order chi connectivity index (χ0) is 15.2. The summed E-state index contributed by atoms with van der Waals surface area (Å²) in [6, 6.07) is 1.85. The minimum Gasteiger partial charge on any atom is -0.354 e. The minimum absolute atomic E-state index is 0.442. The van der Waals surface area contributed by atoms with Crippen molar-refractivity contribution in [2.45, 2.75) is 44.5 Å². The van der Waals surface area contributed by atoms with Crippen molar-refractivity contribution in [3.63, 3.8) is 0 Å². The lowest BCUT2D eigenvalue weighted by Crippen LogP contribution is -2.12. The van der Waals surface area contributed by atoms with E-state index in [1.807, 2.05) is 12.3 Å². The molecule has 21 heavy (non-hydrogen) atoms. The Morgan fingerprint density at radius 3 is 2.67 bits per heavy atom. The average molecular weight is 306 g/mol. The van der Waals surface area contributed by atoms with E-state index >= 15 is 0 Å². The first-order chi connectivity index (χ1) is 10.1. The maximum absolute atomic E-state index is 4.51. The van der Waals surface area contributed by atoms with Gasteiger partial charge in [0.2, 0.25) is 5.95 Å². The van der Waals surface area contributed by atoms with E-state index in [-0.39, 0.29) is 0 Å². The summed E-state index contributed by atoms with van der Waals surface area (Å²) in [5.74, 6) is 1.72. The van der Waals surface area contributed by atoms with Crippen LogP contribution in [0.1, 0.15) is 34.1 Å². The number of hydrogen-bond acceptors (Lipinski definition) is 6. The van der Waals surface area contributed by atoms with Crippen LogP contribution in [0.5, 0.6) is 0 Å². The second kappa shape index (κ2) is 7.40. The molecule has 0 aliphatic rings. The van der Waals surface area contributed by atoms with Gasteiger partial charge in [-0.2, -0.15) is 20.1 Å². The molecule has 1 unspecified atom stereocenters. The van der Waals surface area contributed by atoms with E-state index in [1.165, 1.54) is 0 Å². The maximum atomic E-state index is 4.51. The molecule has 114 valence electrons. The zero-order valence-electron chi connectivity index (χ0n) is 12.9. The summed E-state index contributed by atoms with van der Waals surface area (Å²) in [5.41, 5.74) is 0. The van der Waals surface area contributed by atoms with Crippen LogP contribution in [-0.2, 0) is 0 Å². The Balaban J connectivity index is 2.28. The predicted molar refractivity (Wildman–Crippen MR) is 85.9 cm³/mol. The van der Waals surface area contributed by atoms with Gasteiger partial charge in [0.1, 0.15) is 0 Å². The van der Waals surface area contributed by atoms with Gasteiger partial charge >= 0.3 is 0 Å². The zero-order valence-corrected chi connectivity index (χ0v) is 13.8. The Morgan fingerprint density at radius 2 is 2.05 bits per heavy atom. The van der Waals surface area contributed by atoms with Crippen LogP contribution in [0.4, 0.5) is 5.95 Å². The van der Waals surface area contributed by atoms with Crippen LogP contribution in [0, 0.1) is 5.92 Å². The highest BCUT2D eigenvalue weighted by Gasteiger charge is 2.14. The third-order valence-electron chi connectivity index (χ3n) is 3.08. The van der Waals surface area contributed by atoms with Crippen molar-refractivity contribution in [2.75, 3.05) is 11.9 Å². The van der Waals surface area contributed by atoms with Crippen LogP contribution >= 0.6 is 11.8 Å². The average Bonchev–Trinajstić information content (AvgIpc) is 2.99. The van der Waals surface area contributed by atoms with Crippen molar-refractivity contribution in [2.24, 2.45) is 5.92 Å². The molecule has 0 spiro atoms. The molecule has 0 saturated heterocycles. The van der Waals surface area contributed by atoms with Gasteiger partial charge in [-0.25, -0.2) is 4.68 Å². The molecule has 0 fully saturated rings. The second-order valence-corrected chi connectivity index (χ2v) is 6.53. The Labute approximate surface area is 129 Å². The van der Waals surface area contributed by atoms with Gasteiger partial charge < -0.3 is 5.32 Å². The van der Waals surface area contributed by atoms with E-state index in [1.54, 1.807) is 22.6 Å². The van der Waals surface area contributed by atoms with Gasteiger partial charge in [0.15, 0.2) is 5.16 Å². The molecule has 0 saturated carbocycles. The molecule has 1 N–H and O–H groups in total. The van der Waals surface area contributed by atoms with Crippen molar-refractivity contribution < 1.29 is 0 Å². The summed E-state index contributed by atoms with van der Waals surface area (Å²) < 4.78 is 1.66. The molecule has 6 nitrogen and oxygen atoms in total. The maximum Gasteiger partial charge on any atom is 0.256 e. The van der Waals surface area contributed by atoms with Crippen molar-refractivity contribution in [1.29, 1.82) is 0 Å². The molecule has 7 heteroatoms. The van der Waals surface area contributed by atoms with E-state index in [0.717, 1.165) is 18.1 Å². The molecule has 2 heterocycles. The molecule has 1 atom stereocenters. The van der Waals surface area contributed by atoms with Crippen molar-refractivity contribution in [3.05, 3.63) is 18.5 Å². The predicted octanol–water partition coefficient (Wildman–Crippen LogP) is 3.02. The van der Waals surface area contributed by atoms with Crippen LogP contribution in [0.15, 0.2) is 23.6 Å².